The van der Waals surface area contributed by atoms with Crippen molar-refractivity contribution in [2.75, 3.05) is 10.2 Å². The molecule has 1 aromatic heterocycles. The quantitative estimate of drug-likeness (QED) is 0.520. The van der Waals surface area contributed by atoms with Crippen LogP contribution in [0.2, 0.25) is 5.02 Å². The second-order valence-electron chi connectivity index (χ2n) is 5.79. The van der Waals surface area contributed by atoms with Gasteiger partial charge >= 0.3 is 0 Å². The van der Waals surface area contributed by atoms with Crippen LogP contribution in [0.25, 0.3) is 5.57 Å². The molecular weight excluding hydrogens is 448 g/mol. The average molecular weight is 460 g/mol. The Morgan fingerprint density at radius 1 is 0.963 bits per heavy atom. The number of halogens is 2. The lowest BCUT2D eigenvalue weighted by atomic mass is 10.2. The minimum atomic E-state index is -0.411. The fourth-order valence-corrected chi connectivity index (χ4v) is 4.21. The molecule has 134 valence electrons. The van der Waals surface area contributed by atoms with E-state index in [1.165, 1.54) is 11.3 Å². The number of carbonyl (C=O) groups is 2. The lowest BCUT2D eigenvalue weighted by molar-refractivity contribution is -0.120. The molecular formula is C20H12BrClN2O2S. The van der Waals surface area contributed by atoms with E-state index < -0.39 is 5.91 Å². The van der Waals surface area contributed by atoms with Crippen LogP contribution in [0.4, 0.5) is 11.4 Å². The third kappa shape index (κ3) is 3.43. The number of amides is 2. The molecule has 0 radical (unpaired) electrons. The first-order valence-corrected chi connectivity index (χ1v) is 10.0. The highest BCUT2D eigenvalue weighted by atomic mass is 79.9. The van der Waals surface area contributed by atoms with Gasteiger partial charge in [-0.25, -0.2) is 4.90 Å². The lowest BCUT2D eigenvalue weighted by Crippen LogP contribution is -2.32. The summed E-state index contributed by atoms with van der Waals surface area (Å²) in [6.07, 6.45) is 0. The summed E-state index contributed by atoms with van der Waals surface area (Å²) >= 11 is 10.9. The molecule has 2 aromatic carbocycles. The third-order valence-electron chi connectivity index (χ3n) is 4.01. The van der Waals surface area contributed by atoms with Crippen LogP contribution in [0.15, 0.2) is 76.2 Å². The van der Waals surface area contributed by atoms with Crippen molar-refractivity contribution in [2.45, 2.75) is 0 Å². The molecule has 2 amide bonds. The highest BCUT2D eigenvalue weighted by Gasteiger charge is 2.40. The Morgan fingerprint density at radius 3 is 2.48 bits per heavy atom. The molecule has 0 atom stereocenters. The molecule has 0 bridgehead atoms. The molecule has 7 heteroatoms. The van der Waals surface area contributed by atoms with Crippen molar-refractivity contribution in [3.05, 3.63) is 86.1 Å². The zero-order chi connectivity index (χ0) is 19.0. The van der Waals surface area contributed by atoms with Crippen LogP contribution in [0.1, 0.15) is 4.88 Å². The van der Waals surface area contributed by atoms with E-state index in [9.17, 15) is 9.59 Å². The largest absolute Gasteiger partial charge is 0.350 e. The molecule has 2 heterocycles. The normalized spacial score (nSPS) is 14.2. The van der Waals surface area contributed by atoms with Crippen molar-refractivity contribution < 1.29 is 9.59 Å². The molecule has 0 aliphatic carbocycles. The summed E-state index contributed by atoms with van der Waals surface area (Å²) in [4.78, 5) is 28.2. The van der Waals surface area contributed by atoms with E-state index in [0.717, 1.165) is 14.2 Å². The van der Waals surface area contributed by atoms with Gasteiger partial charge in [0.05, 0.1) is 11.3 Å². The summed E-state index contributed by atoms with van der Waals surface area (Å²) in [6, 6.07) is 17.8. The SMILES string of the molecule is O=C1C(Nc2cccc(Br)c2)=C(c2cccs2)C(=O)N1c1cccc(Cl)c1. The van der Waals surface area contributed by atoms with Gasteiger partial charge in [-0.05, 0) is 47.8 Å². The smallest absolute Gasteiger partial charge is 0.282 e. The zero-order valence-electron chi connectivity index (χ0n) is 13.8. The Morgan fingerprint density at radius 2 is 1.78 bits per heavy atom. The van der Waals surface area contributed by atoms with Crippen molar-refractivity contribution in [1.29, 1.82) is 0 Å². The first-order valence-electron chi connectivity index (χ1n) is 7.99. The van der Waals surface area contributed by atoms with Gasteiger partial charge in [0.15, 0.2) is 0 Å². The van der Waals surface area contributed by atoms with Crippen molar-refractivity contribution in [3.8, 4) is 0 Å². The van der Waals surface area contributed by atoms with Gasteiger partial charge in [0.25, 0.3) is 11.8 Å². The molecule has 1 aliphatic heterocycles. The first kappa shape index (κ1) is 18.0. The Hall–Kier alpha value is -2.41. The van der Waals surface area contributed by atoms with E-state index in [4.69, 9.17) is 11.6 Å². The molecule has 1 N–H and O–H groups in total. The number of benzene rings is 2. The Kier molecular flexibility index (Phi) is 4.86. The maximum Gasteiger partial charge on any atom is 0.282 e. The van der Waals surface area contributed by atoms with Crippen LogP contribution < -0.4 is 10.2 Å². The number of hydrogen-bond donors (Lipinski definition) is 1. The van der Waals surface area contributed by atoms with Crippen LogP contribution in [-0.2, 0) is 9.59 Å². The Balaban J connectivity index is 1.81. The molecule has 1 aliphatic rings. The van der Waals surface area contributed by atoms with Crippen molar-refractivity contribution in [1.82, 2.24) is 0 Å². The number of nitrogens with zero attached hydrogens (tertiary/aromatic N) is 1. The summed E-state index contributed by atoms with van der Waals surface area (Å²) in [5.41, 5.74) is 1.76. The van der Waals surface area contributed by atoms with Crippen LogP contribution >= 0.6 is 38.9 Å². The van der Waals surface area contributed by atoms with E-state index in [0.29, 0.717) is 22.0 Å². The second-order valence-corrected chi connectivity index (χ2v) is 8.09. The van der Waals surface area contributed by atoms with Gasteiger partial charge < -0.3 is 5.32 Å². The standard InChI is InChI=1S/C20H12BrClN2O2S/c21-12-4-1-6-14(10-12)23-18-17(16-8-3-9-27-16)19(25)24(20(18)26)15-7-2-5-13(22)11-15/h1-11,23H. The molecule has 0 spiro atoms. The maximum atomic E-state index is 13.2. The van der Waals surface area contributed by atoms with Crippen LogP contribution in [0.3, 0.4) is 0 Å². The van der Waals surface area contributed by atoms with Crippen molar-refractivity contribution in [2.24, 2.45) is 0 Å². The summed E-state index contributed by atoms with van der Waals surface area (Å²) < 4.78 is 0.870. The van der Waals surface area contributed by atoms with Crippen LogP contribution in [-0.4, -0.2) is 11.8 Å². The van der Waals surface area contributed by atoms with Gasteiger partial charge in [-0.2, -0.15) is 0 Å². The molecule has 4 rings (SSSR count). The van der Waals surface area contributed by atoms with Crippen molar-refractivity contribution in [3.63, 3.8) is 0 Å². The highest BCUT2D eigenvalue weighted by molar-refractivity contribution is 9.10. The van der Waals surface area contributed by atoms with Gasteiger partial charge in [-0.1, -0.05) is 45.7 Å². The summed E-state index contributed by atoms with van der Waals surface area (Å²) in [5, 5.41) is 5.46. The minimum absolute atomic E-state index is 0.250. The molecule has 4 nitrogen and oxygen atoms in total. The maximum absolute atomic E-state index is 13.2. The average Bonchev–Trinajstić information content (AvgIpc) is 3.22. The topological polar surface area (TPSA) is 49.4 Å². The zero-order valence-corrected chi connectivity index (χ0v) is 16.9. The van der Waals surface area contributed by atoms with E-state index >= 15 is 0 Å². The van der Waals surface area contributed by atoms with Gasteiger partial charge in [0, 0.05) is 20.1 Å². The van der Waals surface area contributed by atoms with E-state index in [-0.39, 0.29) is 11.6 Å². The second kappa shape index (κ2) is 7.31. The third-order valence-corrected chi connectivity index (χ3v) is 5.63. The van der Waals surface area contributed by atoms with Crippen LogP contribution in [0, 0.1) is 0 Å². The summed E-state index contributed by atoms with van der Waals surface area (Å²) in [6.45, 7) is 0. The predicted molar refractivity (Wildman–Crippen MR) is 113 cm³/mol. The lowest BCUT2D eigenvalue weighted by Gasteiger charge is -2.15. The summed E-state index contributed by atoms with van der Waals surface area (Å²) in [5.74, 6) is -0.784. The van der Waals surface area contributed by atoms with Gasteiger partial charge in [0.2, 0.25) is 0 Å². The molecule has 27 heavy (non-hydrogen) atoms. The Bertz CT molecular complexity index is 1080. The molecule has 0 saturated heterocycles. The highest BCUT2D eigenvalue weighted by Crippen LogP contribution is 2.36. The summed E-state index contributed by atoms with van der Waals surface area (Å²) in [7, 11) is 0. The van der Waals surface area contributed by atoms with Gasteiger partial charge in [0.1, 0.15) is 5.70 Å². The number of anilines is 2. The van der Waals surface area contributed by atoms with E-state index in [2.05, 4.69) is 21.2 Å². The van der Waals surface area contributed by atoms with E-state index in [1.807, 2.05) is 41.8 Å². The number of hydrogen-bond acceptors (Lipinski definition) is 4. The fraction of sp³-hybridized carbons (Fsp3) is 0. The van der Waals surface area contributed by atoms with Gasteiger partial charge in [-0.3, -0.25) is 9.59 Å². The Labute approximate surface area is 173 Å². The number of imide groups is 1. The first-order chi connectivity index (χ1) is 13.0. The van der Waals surface area contributed by atoms with Crippen molar-refractivity contribution >= 4 is 67.6 Å². The number of carbonyl (C=O) groups excluding carboxylic acids is 2. The molecule has 0 fully saturated rings. The number of rotatable bonds is 4. The fourth-order valence-electron chi connectivity index (χ4n) is 2.86. The minimum Gasteiger partial charge on any atom is -0.350 e. The molecule has 3 aromatic rings. The number of nitrogens with one attached hydrogen (secondary N) is 1. The van der Waals surface area contributed by atoms with E-state index in [1.54, 1.807) is 24.3 Å². The van der Waals surface area contributed by atoms with Crippen LogP contribution in [0.5, 0.6) is 0 Å². The molecule has 0 unspecified atom stereocenters. The monoisotopic (exact) mass is 458 g/mol. The molecule has 0 saturated carbocycles. The van der Waals surface area contributed by atoms with Gasteiger partial charge in [-0.15, -0.1) is 11.3 Å². The predicted octanol–water partition coefficient (Wildman–Crippen LogP) is 5.56. The number of thiophene rings is 1.